The van der Waals surface area contributed by atoms with Crippen LogP contribution in [0.25, 0.3) is 0 Å². The molecule has 4 N–H and O–H groups in total. The molecule has 1 aliphatic rings. The van der Waals surface area contributed by atoms with Crippen molar-refractivity contribution in [1.29, 1.82) is 0 Å². The van der Waals surface area contributed by atoms with Crippen LogP contribution in [-0.2, 0) is 36.9 Å². The van der Waals surface area contributed by atoms with E-state index in [1.54, 1.807) is 13.0 Å². The summed E-state index contributed by atoms with van der Waals surface area (Å²) in [5.74, 6) is -1.36. The van der Waals surface area contributed by atoms with Gasteiger partial charge in [-0.1, -0.05) is 13.0 Å². The van der Waals surface area contributed by atoms with Gasteiger partial charge < -0.3 is 25.8 Å². The number of rotatable bonds is 12. The summed E-state index contributed by atoms with van der Waals surface area (Å²) in [4.78, 5) is 48.5. The van der Waals surface area contributed by atoms with E-state index in [4.69, 9.17) is 0 Å². The zero-order chi connectivity index (χ0) is 23.7. The van der Waals surface area contributed by atoms with Crippen molar-refractivity contribution in [1.82, 2.24) is 10.6 Å². The molecular weight excluding hydrogens is 414 g/mol. The van der Waals surface area contributed by atoms with Crippen molar-refractivity contribution in [3.63, 3.8) is 0 Å². The van der Waals surface area contributed by atoms with Gasteiger partial charge in [-0.25, -0.2) is 0 Å². The average Bonchev–Trinajstić information content (AvgIpc) is 3.56. The Labute approximate surface area is 188 Å². The first kappa shape index (κ1) is 25.3. The lowest BCUT2D eigenvalue weighted by Crippen LogP contribution is -2.53. The fourth-order valence-corrected chi connectivity index (χ4v) is 3.29. The number of benzene rings is 1. The Balaban J connectivity index is 1.84. The van der Waals surface area contributed by atoms with Gasteiger partial charge in [-0.2, -0.15) is 0 Å². The number of aryl methyl sites for hydroxylation is 1. The van der Waals surface area contributed by atoms with Gasteiger partial charge in [-0.3, -0.25) is 19.2 Å². The molecule has 0 heterocycles. The highest BCUT2D eigenvalue weighted by atomic mass is 16.5. The van der Waals surface area contributed by atoms with E-state index < -0.39 is 17.5 Å². The number of amides is 3. The van der Waals surface area contributed by atoms with Crippen molar-refractivity contribution >= 4 is 29.4 Å². The maximum Gasteiger partial charge on any atom is 0.305 e. The van der Waals surface area contributed by atoms with Crippen LogP contribution in [0.4, 0.5) is 5.69 Å². The number of aliphatic hydroxyl groups is 1. The molecule has 0 aliphatic heterocycles. The van der Waals surface area contributed by atoms with Crippen LogP contribution in [-0.4, -0.2) is 47.5 Å². The maximum atomic E-state index is 12.8. The number of esters is 1. The van der Waals surface area contributed by atoms with Crippen LogP contribution >= 0.6 is 0 Å². The third-order valence-corrected chi connectivity index (χ3v) is 5.48. The fraction of sp³-hybridized carbons (Fsp3) is 0.565. The van der Waals surface area contributed by atoms with E-state index >= 15 is 0 Å². The third-order valence-electron chi connectivity index (χ3n) is 5.48. The van der Waals surface area contributed by atoms with Crippen molar-refractivity contribution in [3.8, 4) is 0 Å². The standard InChI is InChI=1S/C23H33N3O6/c1-4-16-11-17(14-27)13-18(12-16)25-22(31)23(9-10-23)26-21(30)15(2)24-19(28)7-5-6-8-20(29)32-3/h11-13,15,27H,4-10,14H2,1-3H3,(H,24,28)(H,25,31)(H,26,30)/t15-/m0/s1. The summed E-state index contributed by atoms with van der Waals surface area (Å²) in [5, 5.41) is 17.6. The molecule has 176 valence electrons. The van der Waals surface area contributed by atoms with Gasteiger partial charge in [0, 0.05) is 18.5 Å². The van der Waals surface area contributed by atoms with Gasteiger partial charge in [0.05, 0.1) is 13.7 Å². The monoisotopic (exact) mass is 447 g/mol. The molecule has 1 aromatic rings. The molecule has 9 heteroatoms. The van der Waals surface area contributed by atoms with Crippen LogP contribution in [0, 0.1) is 0 Å². The Kier molecular flexibility index (Phi) is 9.19. The summed E-state index contributed by atoms with van der Waals surface area (Å²) in [6.07, 6.45) is 3.27. The molecule has 3 amide bonds. The van der Waals surface area contributed by atoms with Gasteiger partial charge in [-0.15, -0.1) is 0 Å². The van der Waals surface area contributed by atoms with Crippen LogP contribution in [0.1, 0.15) is 63.5 Å². The third kappa shape index (κ3) is 7.33. The molecule has 0 aromatic heterocycles. The van der Waals surface area contributed by atoms with E-state index in [1.165, 1.54) is 7.11 Å². The van der Waals surface area contributed by atoms with Crippen molar-refractivity contribution in [2.24, 2.45) is 0 Å². The van der Waals surface area contributed by atoms with E-state index in [1.807, 2.05) is 19.1 Å². The van der Waals surface area contributed by atoms with Crippen molar-refractivity contribution in [2.75, 3.05) is 12.4 Å². The number of hydrogen-bond donors (Lipinski definition) is 4. The number of carbonyl (C=O) groups is 4. The zero-order valence-electron chi connectivity index (χ0n) is 19.0. The number of unbranched alkanes of at least 4 members (excludes halogenated alkanes) is 1. The van der Waals surface area contributed by atoms with Crippen LogP contribution in [0.5, 0.6) is 0 Å². The van der Waals surface area contributed by atoms with Crippen LogP contribution in [0.15, 0.2) is 18.2 Å². The highest BCUT2D eigenvalue weighted by Gasteiger charge is 2.51. The Morgan fingerprint density at radius 3 is 2.34 bits per heavy atom. The Hall–Kier alpha value is -2.94. The van der Waals surface area contributed by atoms with Gasteiger partial charge in [0.15, 0.2) is 0 Å². The Bertz CT molecular complexity index is 828. The lowest BCUT2D eigenvalue weighted by molar-refractivity contribution is -0.140. The molecule has 0 saturated heterocycles. The van der Waals surface area contributed by atoms with Gasteiger partial charge in [0.2, 0.25) is 17.7 Å². The second-order valence-corrected chi connectivity index (χ2v) is 8.15. The quantitative estimate of drug-likeness (QED) is 0.284. The molecule has 1 aromatic carbocycles. The average molecular weight is 448 g/mol. The summed E-state index contributed by atoms with van der Waals surface area (Å²) in [7, 11) is 1.32. The second kappa shape index (κ2) is 11.6. The topological polar surface area (TPSA) is 134 Å². The second-order valence-electron chi connectivity index (χ2n) is 8.15. The molecule has 0 spiro atoms. The zero-order valence-corrected chi connectivity index (χ0v) is 19.0. The first-order valence-electron chi connectivity index (χ1n) is 11.0. The van der Waals surface area contributed by atoms with Crippen molar-refractivity contribution in [2.45, 2.75) is 77.0 Å². The summed E-state index contributed by atoms with van der Waals surface area (Å²) >= 11 is 0. The number of carbonyl (C=O) groups excluding carboxylic acids is 4. The van der Waals surface area contributed by atoms with Crippen LogP contribution in [0.3, 0.4) is 0 Å². The van der Waals surface area contributed by atoms with Gasteiger partial charge in [0.1, 0.15) is 11.6 Å². The summed E-state index contributed by atoms with van der Waals surface area (Å²) in [6, 6.07) is 4.64. The van der Waals surface area contributed by atoms with Gasteiger partial charge in [-0.05, 0) is 62.3 Å². The predicted octanol–water partition coefficient (Wildman–Crippen LogP) is 1.57. The molecule has 0 bridgehead atoms. The number of ether oxygens (including phenoxy) is 1. The maximum absolute atomic E-state index is 12.8. The lowest BCUT2D eigenvalue weighted by Gasteiger charge is -2.21. The highest BCUT2D eigenvalue weighted by molar-refractivity contribution is 6.03. The van der Waals surface area contributed by atoms with E-state index in [9.17, 15) is 24.3 Å². The number of hydrogen-bond acceptors (Lipinski definition) is 6. The fourth-order valence-electron chi connectivity index (χ4n) is 3.29. The van der Waals surface area contributed by atoms with Gasteiger partial charge in [0.25, 0.3) is 0 Å². The van der Waals surface area contributed by atoms with E-state index in [2.05, 4.69) is 20.7 Å². The van der Waals surface area contributed by atoms with E-state index in [0.717, 1.165) is 12.0 Å². The number of methoxy groups -OCH3 is 1. The molecule has 2 rings (SSSR count). The molecule has 1 saturated carbocycles. The SMILES string of the molecule is CCc1cc(CO)cc(NC(=O)C2(NC(=O)[C@H](C)NC(=O)CCCCC(=O)OC)CC2)c1. The minimum absolute atomic E-state index is 0.126. The molecule has 32 heavy (non-hydrogen) atoms. The number of anilines is 1. The minimum atomic E-state index is -0.988. The predicted molar refractivity (Wildman–Crippen MR) is 119 cm³/mol. The van der Waals surface area contributed by atoms with Crippen molar-refractivity contribution in [3.05, 3.63) is 29.3 Å². The molecule has 9 nitrogen and oxygen atoms in total. The summed E-state index contributed by atoms with van der Waals surface area (Å²) in [5.41, 5.74) is 1.28. The molecular formula is C23H33N3O6. The van der Waals surface area contributed by atoms with E-state index in [-0.39, 0.29) is 37.2 Å². The number of nitrogens with one attached hydrogen (secondary N) is 3. The van der Waals surface area contributed by atoms with Crippen molar-refractivity contribution < 1.29 is 29.0 Å². The largest absolute Gasteiger partial charge is 0.469 e. The molecule has 0 radical (unpaired) electrons. The van der Waals surface area contributed by atoms with Crippen LogP contribution in [0.2, 0.25) is 0 Å². The molecule has 1 fully saturated rings. The first-order valence-corrected chi connectivity index (χ1v) is 11.0. The molecule has 1 atom stereocenters. The minimum Gasteiger partial charge on any atom is -0.469 e. The highest BCUT2D eigenvalue weighted by Crippen LogP contribution is 2.37. The van der Waals surface area contributed by atoms with Crippen LogP contribution < -0.4 is 16.0 Å². The number of aliphatic hydroxyl groups excluding tert-OH is 1. The summed E-state index contributed by atoms with van der Waals surface area (Å²) in [6.45, 7) is 3.42. The normalized spacial score (nSPS) is 14.8. The molecule has 1 aliphatic carbocycles. The Morgan fingerprint density at radius 1 is 1.09 bits per heavy atom. The van der Waals surface area contributed by atoms with E-state index in [0.29, 0.717) is 36.9 Å². The van der Waals surface area contributed by atoms with Gasteiger partial charge >= 0.3 is 5.97 Å². The Morgan fingerprint density at radius 2 is 1.75 bits per heavy atom. The first-order chi connectivity index (χ1) is 15.2. The smallest absolute Gasteiger partial charge is 0.305 e. The molecule has 0 unspecified atom stereocenters. The lowest BCUT2D eigenvalue weighted by atomic mass is 10.1. The summed E-state index contributed by atoms with van der Waals surface area (Å²) < 4.78 is 4.55.